The summed E-state index contributed by atoms with van der Waals surface area (Å²) in [6.07, 6.45) is 1.88. The topological polar surface area (TPSA) is 73.7 Å². The summed E-state index contributed by atoms with van der Waals surface area (Å²) < 4.78 is 6.92. The standard InChI is InChI=1S/C26H26N4O3/c1-29(2)21-13-9-18(10-14-21)17-30-24(19-7-5-4-6-8-19)23(26(32)28-30)27-25(31)20-11-15-22(33-3)16-12-20/h4-17,23-24H,1-3H3,(H-,27,28,31,32)/p+1/t23-,24+/m1/s1. The van der Waals surface area contributed by atoms with E-state index >= 15 is 0 Å². The van der Waals surface area contributed by atoms with Crippen molar-refractivity contribution in [3.8, 4) is 5.75 Å². The van der Waals surface area contributed by atoms with Gasteiger partial charge in [-0.15, -0.1) is 10.1 Å². The number of benzene rings is 3. The summed E-state index contributed by atoms with van der Waals surface area (Å²) in [7, 11) is 5.55. The summed E-state index contributed by atoms with van der Waals surface area (Å²) in [6, 6.07) is 23.3. The maximum absolute atomic E-state index is 13.0. The van der Waals surface area contributed by atoms with Crippen molar-refractivity contribution >= 4 is 23.7 Å². The summed E-state index contributed by atoms with van der Waals surface area (Å²) in [5.74, 6) is 0.0659. The molecule has 0 saturated carbocycles. The number of methoxy groups -OCH3 is 1. The molecule has 0 aliphatic carbocycles. The van der Waals surface area contributed by atoms with Crippen LogP contribution >= 0.6 is 0 Å². The van der Waals surface area contributed by atoms with Crippen molar-refractivity contribution in [1.82, 2.24) is 10.7 Å². The molecule has 168 valence electrons. The van der Waals surface area contributed by atoms with E-state index in [1.165, 1.54) is 0 Å². The molecule has 1 heterocycles. The second kappa shape index (κ2) is 9.56. The van der Waals surface area contributed by atoms with Crippen LogP contribution in [0.5, 0.6) is 5.75 Å². The van der Waals surface area contributed by atoms with Crippen LogP contribution in [-0.2, 0) is 4.79 Å². The summed E-state index contributed by atoms with van der Waals surface area (Å²) >= 11 is 0. The highest BCUT2D eigenvalue weighted by molar-refractivity contribution is 5.98. The molecule has 2 atom stereocenters. The first-order valence-electron chi connectivity index (χ1n) is 10.7. The molecule has 7 heteroatoms. The van der Waals surface area contributed by atoms with Gasteiger partial charge in [0, 0.05) is 36.5 Å². The Balaban J connectivity index is 1.64. The Hall–Kier alpha value is -4.13. The Morgan fingerprint density at radius 3 is 2.27 bits per heavy atom. The van der Waals surface area contributed by atoms with Crippen molar-refractivity contribution < 1.29 is 19.0 Å². The van der Waals surface area contributed by atoms with Crippen LogP contribution in [-0.4, -0.2) is 50.0 Å². The molecular weight excluding hydrogens is 416 g/mol. The predicted octanol–water partition coefficient (Wildman–Crippen LogP) is 2.78. The molecule has 0 unspecified atom stereocenters. The van der Waals surface area contributed by atoms with Gasteiger partial charge in [0.2, 0.25) is 12.3 Å². The number of hydrazone groups is 1. The van der Waals surface area contributed by atoms with E-state index in [-0.39, 0.29) is 11.8 Å². The van der Waals surface area contributed by atoms with Crippen LogP contribution in [0.3, 0.4) is 0 Å². The molecule has 3 aromatic carbocycles. The number of ether oxygens (including phenoxy) is 1. The zero-order valence-electron chi connectivity index (χ0n) is 18.9. The van der Waals surface area contributed by atoms with Gasteiger partial charge in [-0.2, -0.15) is 0 Å². The van der Waals surface area contributed by atoms with Gasteiger partial charge in [-0.3, -0.25) is 9.59 Å². The highest BCUT2D eigenvalue weighted by Crippen LogP contribution is 2.25. The number of nitrogens with zero attached hydrogens (tertiary/aromatic N) is 2. The third-order valence-corrected chi connectivity index (χ3v) is 5.61. The molecule has 1 saturated heterocycles. The third kappa shape index (κ3) is 4.87. The Morgan fingerprint density at radius 1 is 1.00 bits per heavy atom. The average Bonchev–Trinajstić information content (AvgIpc) is 3.14. The van der Waals surface area contributed by atoms with Crippen LogP contribution in [0.4, 0.5) is 5.69 Å². The second-order valence-corrected chi connectivity index (χ2v) is 8.03. The molecule has 1 aliphatic rings. The minimum absolute atomic E-state index is 0.271. The Bertz CT molecular complexity index is 1160. The maximum Gasteiger partial charge on any atom is 0.304 e. The monoisotopic (exact) mass is 443 g/mol. The van der Waals surface area contributed by atoms with E-state index in [0.29, 0.717) is 11.3 Å². The fraction of sp³-hybridized carbons (Fsp3) is 0.192. The van der Waals surface area contributed by atoms with Crippen LogP contribution < -0.4 is 20.4 Å². The number of rotatable bonds is 6. The number of amides is 2. The molecule has 7 nitrogen and oxygen atoms in total. The molecule has 4 rings (SSSR count). The molecule has 1 fully saturated rings. The van der Waals surface area contributed by atoms with E-state index in [4.69, 9.17) is 4.74 Å². The number of carbonyl (C=O) groups is 2. The molecule has 0 radical (unpaired) electrons. The fourth-order valence-corrected chi connectivity index (χ4v) is 3.82. The molecule has 3 aromatic rings. The first kappa shape index (κ1) is 22.1. The minimum atomic E-state index is -0.765. The van der Waals surface area contributed by atoms with Crippen LogP contribution in [0, 0.1) is 0 Å². The number of carbonyl (C=O) groups excluding carboxylic acids is 2. The van der Waals surface area contributed by atoms with Crippen molar-refractivity contribution in [2.45, 2.75) is 12.1 Å². The third-order valence-electron chi connectivity index (χ3n) is 5.61. The van der Waals surface area contributed by atoms with E-state index < -0.39 is 12.1 Å². The van der Waals surface area contributed by atoms with E-state index in [2.05, 4.69) is 10.7 Å². The summed E-state index contributed by atoms with van der Waals surface area (Å²) in [5, 5.41) is 2.91. The molecule has 2 amide bonds. The van der Waals surface area contributed by atoms with E-state index in [0.717, 1.165) is 16.8 Å². The van der Waals surface area contributed by atoms with Gasteiger partial charge in [-0.05, 0) is 48.5 Å². The Labute approximate surface area is 193 Å². The van der Waals surface area contributed by atoms with E-state index in [1.54, 1.807) is 36.1 Å². The number of hydrogen-bond acceptors (Lipinski definition) is 4. The molecule has 0 bridgehead atoms. The lowest BCUT2D eigenvalue weighted by molar-refractivity contribution is -0.596. The SMILES string of the molecule is COc1ccc(C(=O)N[C@H]2C(=O)N/[N+](=C\c3ccc(N(C)C)cc3)[C@H]2c2ccccc2)cc1. The van der Waals surface area contributed by atoms with Gasteiger partial charge in [0.25, 0.3) is 5.91 Å². The quantitative estimate of drug-likeness (QED) is 0.575. The van der Waals surface area contributed by atoms with Gasteiger partial charge in [0.1, 0.15) is 5.75 Å². The van der Waals surface area contributed by atoms with E-state index in [1.807, 2.05) is 79.8 Å². The number of nitrogens with one attached hydrogen (secondary N) is 2. The lowest BCUT2D eigenvalue weighted by Crippen LogP contribution is -2.42. The molecular formula is C26H27N4O3+. The zero-order valence-corrected chi connectivity index (χ0v) is 18.9. The highest BCUT2D eigenvalue weighted by Gasteiger charge is 2.47. The van der Waals surface area contributed by atoms with Gasteiger partial charge >= 0.3 is 5.91 Å². The summed E-state index contributed by atoms with van der Waals surface area (Å²) in [6.45, 7) is 0. The summed E-state index contributed by atoms with van der Waals surface area (Å²) in [5.41, 5.74) is 6.30. The minimum Gasteiger partial charge on any atom is -0.497 e. The van der Waals surface area contributed by atoms with Gasteiger partial charge < -0.3 is 15.0 Å². The second-order valence-electron chi connectivity index (χ2n) is 8.03. The van der Waals surface area contributed by atoms with Crippen LogP contribution in [0.1, 0.15) is 27.5 Å². The highest BCUT2D eigenvalue weighted by atomic mass is 16.5. The summed E-state index contributed by atoms with van der Waals surface area (Å²) in [4.78, 5) is 27.9. The Morgan fingerprint density at radius 2 is 1.67 bits per heavy atom. The van der Waals surface area contributed by atoms with Gasteiger partial charge in [0.15, 0.2) is 6.04 Å². The average molecular weight is 444 g/mol. The fourth-order valence-electron chi connectivity index (χ4n) is 3.82. The predicted molar refractivity (Wildman–Crippen MR) is 128 cm³/mol. The van der Waals surface area contributed by atoms with Gasteiger partial charge in [0.05, 0.1) is 7.11 Å². The number of hydrazine groups is 1. The molecule has 1 aliphatic heterocycles. The lowest BCUT2D eigenvalue weighted by Gasteiger charge is -2.15. The van der Waals surface area contributed by atoms with Crippen molar-refractivity contribution in [2.24, 2.45) is 0 Å². The first-order chi connectivity index (χ1) is 16.0. The number of hydrogen-bond donors (Lipinski definition) is 2. The Kier molecular flexibility index (Phi) is 6.40. The first-order valence-corrected chi connectivity index (χ1v) is 10.7. The van der Waals surface area contributed by atoms with Gasteiger partial charge in [-0.1, -0.05) is 30.3 Å². The van der Waals surface area contributed by atoms with Gasteiger partial charge in [-0.25, -0.2) is 0 Å². The maximum atomic E-state index is 13.0. The normalized spacial score (nSPS) is 18.6. The lowest BCUT2D eigenvalue weighted by atomic mass is 10.00. The van der Waals surface area contributed by atoms with E-state index in [9.17, 15) is 9.59 Å². The van der Waals surface area contributed by atoms with Crippen molar-refractivity contribution in [3.05, 3.63) is 95.6 Å². The van der Waals surface area contributed by atoms with Crippen LogP contribution in [0.2, 0.25) is 0 Å². The molecule has 2 N–H and O–H groups in total. The molecule has 0 spiro atoms. The number of anilines is 1. The zero-order chi connectivity index (χ0) is 23.4. The van der Waals surface area contributed by atoms with Crippen molar-refractivity contribution in [2.75, 3.05) is 26.1 Å². The smallest absolute Gasteiger partial charge is 0.304 e. The largest absolute Gasteiger partial charge is 0.497 e. The van der Waals surface area contributed by atoms with Crippen LogP contribution in [0.25, 0.3) is 0 Å². The van der Waals surface area contributed by atoms with Crippen molar-refractivity contribution in [1.29, 1.82) is 0 Å². The molecule has 0 aromatic heterocycles. The van der Waals surface area contributed by atoms with Crippen molar-refractivity contribution in [3.63, 3.8) is 0 Å². The van der Waals surface area contributed by atoms with Crippen LogP contribution in [0.15, 0.2) is 78.9 Å². The molecule has 33 heavy (non-hydrogen) atoms.